The first kappa shape index (κ1) is 16.4. The molecule has 1 amide bonds. The molecule has 0 aromatic heterocycles. The van der Waals surface area contributed by atoms with Gasteiger partial charge in [-0.1, -0.05) is 11.6 Å². The molecular weight excluding hydrogens is 308 g/mol. The van der Waals surface area contributed by atoms with Crippen LogP contribution >= 0.6 is 11.6 Å². The number of rotatable bonds is 5. The van der Waals surface area contributed by atoms with Gasteiger partial charge in [0.2, 0.25) is 10.0 Å². The molecule has 20 heavy (non-hydrogen) atoms. The first-order valence-corrected chi connectivity index (χ1v) is 7.28. The van der Waals surface area contributed by atoms with Gasteiger partial charge in [0.25, 0.3) is 5.91 Å². The molecule has 0 unspecified atom stereocenters. The highest BCUT2D eigenvalue weighted by Crippen LogP contribution is 2.22. The van der Waals surface area contributed by atoms with Crippen molar-refractivity contribution >= 4 is 33.5 Å². The van der Waals surface area contributed by atoms with Crippen molar-refractivity contribution in [3.63, 3.8) is 0 Å². The van der Waals surface area contributed by atoms with Crippen molar-refractivity contribution in [3.8, 4) is 0 Å². The fourth-order valence-corrected chi connectivity index (χ4v) is 2.48. The number of hydrogen-bond donors (Lipinski definition) is 2. The molecule has 7 nitrogen and oxygen atoms in total. The summed E-state index contributed by atoms with van der Waals surface area (Å²) in [5, 5.41) is 2.26. The highest BCUT2D eigenvalue weighted by atomic mass is 35.5. The maximum atomic E-state index is 11.7. The number of amides is 1. The summed E-state index contributed by atoms with van der Waals surface area (Å²) in [5.41, 5.74) is -0.0212. The SMILES string of the molecule is CNC(=O)COC(=O)c1ccc(Cl)c(S(=O)(=O)NC)c1. The molecule has 110 valence electrons. The van der Waals surface area contributed by atoms with Crippen LogP contribution in [0.15, 0.2) is 23.1 Å². The molecule has 1 aromatic rings. The lowest BCUT2D eigenvalue weighted by Gasteiger charge is -2.08. The third-order valence-corrected chi connectivity index (χ3v) is 4.23. The molecule has 9 heteroatoms. The van der Waals surface area contributed by atoms with Crippen LogP contribution in [0, 0.1) is 0 Å². The molecule has 0 saturated carbocycles. The maximum Gasteiger partial charge on any atom is 0.338 e. The van der Waals surface area contributed by atoms with E-state index in [1.807, 2.05) is 0 Å². The number of nitrogens with one attached hydrogen (secondary N) is 2. The highest BCUT2D eigenvalue weighted by Gasteiger charge is 2.19. The van der Waals surface area contributed by atoms with Gasteiger partial charge in [0.15, 0.2) is 6.61 Å². The normalized spacial score (nSPS) is 10.9. The molecule has 0 heterocycles. The second kappa shape index (κ2) is 6.69. The molecule has 0 bridgehead atoms. The lowest BCUT2D eigenvalue weighted by atomic mass is 10.2. The quantitative estimate of drug-likeness (QED) is 0.752. The van der Waals surface area contributed by atoms with E-state index in [2.05, 4.69) is 10.0 Å². The van der Waals surface area contributed by atoms with E-state index in [4.69, 9.17) is 16.3 Å². The van der Waals surface area contributed by atoms with Crippen LogP contribution in [0.25, 0.3) is 0 Å². The van der Waals surface area contributed by atoms with Gasteiger partial charge in [-0.05, 0) is 25.2 Å². The minimum absolute atomic E-state index is 0.0212. The predicted molar refractivity (Wildman–Crippen MR) is 72.0 cm³/mol. The average Bonchev–Trinajstić information content (AvgIpc) is 2.44. The van der Waals surface area contributed by atoms with Gasteiger partial charge in [-0.25, -0.2) is 17.9 Å². The topological polar surface area (TPSA) is 102 Å². The first-order chi connectivity index (χ1) is 9.31. The minimum Gasteiger partial charge on any atom is -0.452 e. The van der Waals surface area contributed by atoms with Gasteiger partial charge in [-0.3, -0.25) is 4.79 Å². The lowest BCUT2D eigenvalue weighted by molar-refractivity contribution is -0.123. The third kappa shape index (κ3) is 3.92. The predicted octanol–water partition coefficient (Wildman–Crippen LogP) is 0.151. The van der Waals surface area contributed by atoms with Crippen molar-refractivity contribution < 1.29 is 22.7 Å². The fraction of sp³-hybridized carbons (Fsp3) is 0.273. The van der Waals surface area contributed by atoms with Crippen molar-refractivity contribution in [2.45, 2.75) is 4.90 Å². The molecule has 0 spiro atoms. The van der Waals surface area contributed by atoms with Gasteiger partial charge in [0.05, 0.1) is 10.6 Å². The van der Waals surface area contributed by atoms with E-state index in [0.717, 1.165) is 6.07 Å². The Bertz CT molecular complexity index is 630. The molecule has 0 aliphatic heterocycles. The van der Waals surface area contributed by atoms with Crippen LogP contribution < -0.4 is 10.0 Å². The smallest absolute Gasteiger partial charge is 0.338 e. The molecule has 0 radical (unpaired) electrons. The van der Waals surface area contributed by atoms with Crippen molar-refractivity contribution in [2.24, 2.45) is 0 Å². The molecule has 1 aromatic carbocycles. The molecule has 0 saturated heterocycles. The number of hydrogen-bond acceptors (Lipinski definition) is 5. The Kier molecular flexibility index (Phi) is 5.49. The Morgan fingerprint density at radius 3 is 2.50 bits per heavy atom. The van der Waals surface area contributed by atoms with E-state index >= 15 is 0 Å². The summed E-state index contributed by atoms with van der Waals surface area (Å²) in [6, 6.07) is 3.66. The number of halogens is 1. The summed E-state index contributed by atoms with van der Waals surface area (Å²) in [6.07, 6.45) is 0. The Morgan fingerprint density at radius 2 is 1.95 bits per heavy atom. The van der Waals surface area contributed by atoms with Gasteiger partial charge in [-0.15, -0.1) is 0 Å². The second-order valence-corrected chi connectivity index (χ2v) is 5.86. The van der Waals surface area contributed by atoms with Crippen molar-refractivity contribution in [2.75, 3.05) is 20.7 Å². The summed E-state index contributed by atoms with van der Waals surface area (Å²) in [5.74, 6) is -1.30. The molecule has 0 aliphatic rings. The average molecular weight is 321 g/mol. The number of sulfonamides is 1. The van der Waals surface area contributed by atoms with Gasteiger partial charge >= 0.3 is 5.97 Å². The number of benzene rings is 1. The Morgan fingerprint density at radius 1 is 1.30 bits per heavy atom. The zero-order chi connectivity index (χ0) is 15.3. The van der Waals surface area contributed by atoms with Crippen LogP contribution in [0.5, 0.6) is 0 Å². The summed E-state index contributed by atoms with van der Waals surface area (Å²) in [7, 11) is -1.17. The summed E-state index contributed by atoms with van der Waals surface area (Å²) in [6.45, 7) is -0.452. The minimum atomic E-state index is -3.79. The van der Waals surface area contributed by atoms with Gasteiger partial charge in [0.1, 0.15) is 4.90 Å². The molecule has 2 N–H and O–H groups in total. The Hall–Kier alpha value is -1.64. The summed E-state index contributed by atoms with van der Waals surface area (Å²) in [4.78, 5) is 22.4. The van der Waals surface area contributed by atoms with Crippen molar-refractivity contribution in [3.05, 3.63) is 28.8 Å². The number of carbonyl (C=O) groups is 2. The van der Waals surface area contributed by atoms with Crippen LogP contribution in [-0.2, 0) is 19.6 Å². The third-order valence-electron chi connectivity index (χ3n) is 2.34. The van der Waals surface area contributed by atoms with E-state index < -0.39 is 28.5 Å². The van der Waals surface area contributed by atoms with Gasteiger partial charge in [-0.2, -0.15) is 0 Å². The number of carbonyl (C=O) groups excluding carboxylic acids is 2. The zero-order valence-electron chi connectivity index (χ0n) is 10.8. The number of likely N-dealkylation sites (N-methyl/N-ethyl adjacent to an activating group) is 1. The largest absolute Gasteiger partial charge is 0.452 e. The molecular formula is C11H13ClN2O5S. The van der Waals surface area contributed by atoms with Crippen LogP contribution in [-0.4, -0.2) is 41.0 Å². The summed E-state index contributed by atoms with van der Waals surface area (Å²) < 4.78 is 30.2. The van der Waals surface area contributed by atoms with Gasteiger partial charge in [0, 0.05) is 7.05 Å². The van der Waals surface area contributed by atoms with E-state index in [1.165, 1.54) is 26.2 Å². The monoisotopic (exact) mass is 320 g/mol. The van der Waals surface area contributed by atoms with E-state index in [-0.39, 0.29) is 15.5 Å². The zero-order valence-corrected chi connectivity index (χ0v) is 12.3. The maximum absolute atomic E-state index is 11.7. The lowest BCUT2D eigenvalue weighted by Crippen LogP contribution is -2.25. The fourth-order valence-electron chi connectivity index (χ4n) is 1.23. The number of esters is 1. The van der Waals surface area contributed by atoms with E-state index in [1.54, 1.807) is 0 Å². The van der Waals surface area contributed by atoms with Crippen LogP contribution in [0.4, 0.5) is 0 Å². The van der Waals surface area contributed by atoms with Crippen LogP contribution in [0.1, 0.15) is 10.4 Å². The Labute approximate surface area is 121 Å². The van der Waals surface area contributed by atoms with Crippen LogP contribution in [0.2, 0.25) is 5.02 Å². The van der Waals surface area contributed by atoms with Crippen molar-refractivity contribution in [1.29, 1.82) is 0 Å². The molecule has 0 aliphatic carbocycles. The van der Waals surface area contributed by atoms with E-state index in [9.17, 15) is 18.0 Å². The summed E-state index contributed by atoms with van der Waals surface area (Å²) >= 11 is 5.78. The molecule has 0 fully saturated rings. The van der Waals surface area contributed by atoms with Crippen LogP contribution in [0.3, 0.4) is 0 Å². The number of ether oxygens (including phenoxy) is 1. The highest BCUT2D eigenvalue weighted by molar-refractivity contribution is 7.89. The Balaban J connectivity index is 3.01. The molecule has 1 rings (SSSR count). The molecule has 0 atom stereocenters. The van der Waals surface area contributed by atoms with Gasteiger partial charge < -0.3 is 10.1 Å². The van der Waals surface area contributed by atoms with Crippen molar-refractivity contribution in [1.82, 2.24) is 10.0 Å². The van der Waals surface area contributed by atoms with E-state index in [0.29, 0.717) is 0 Å². The second-order valence-electron chi connectivity index (χ2n) is 3.60. The standard InChI is InChI=1S/C11H13ClN2O5S/c1-13-10(15)6-19-11(16)7-3-4-8(12)9(5-7)20(17,18)14-2/h3-5,14H,6H2,1-2H3,(H,13,15). The first-order valence-electron chi connectivity index (χ1n) is 5.42.